The zero-order chi connectivity index (χ0) is 24.8. The van der Waals surface area contributed by atoms with E-state index in [0.717, 1.165) is 17.1 Å². The van der Waals surface area contributed by atoms with E-state index in [4.69, 9.17) is 10.6 Å². The van der Waals surface area contributed by atoms with Gasteiger partial charge in [0.25, 0.3) is 0 Å². The summed E-state index contributed by atoms with van der Waals surface area (Å²) in [6, 6.07) is 17.3. The molecule has 1 unspecified atom stereocenters. The third-order valence-electron chi connectivity index (χ3n) is 5.54. The molecule has 2 heterocycles. The number of thioether (sulfide) groups is 1. The first-order chi connectivity index (χ1) is 16.9. The lowest BCUT2D eigenvalue weighted by Gasteiger charge is -2.19. The number of carbonyl (C=O) groups excluding carboxylic acids is 1. The van der Waals surface area contributed by atoms with E-state index in [-0.39, 0.29) is 24.3 Å². The fraction of sp³-hybridized carbons (Fsp3) is 0.280. The number of benzene rings is 2. The fourth-order valence-corrected chi connectivity index (χ4v) is 4.22. The number of nitrogen functional groups attached to an aromatic ring is 1. The number of nitrogens with zero attached hydrogens (tertiary/aromatic N) is 5. The van der Waals surface area contributed by atoms with Crippen LogP contribution in [0.15, 0.2) is 72.1 Å². The van der Waals surface area contributed by atoms with E-state index in [2.05, 4.69) is 34.3 Å². The third kappa shape index (κ3) is 6.02. The Morgan fingerprint density at radius 1 is 1.09 bits per heavy atom. The van der Waals surface area contributed by atoms with E-state index >= 15 is 0 Å². The molecule has 182 valence electrons. The number of hydrogen-bond acceptors (Lipinski definition) is 7. The maximum atomic E-state index is 12.8. The number of nitrogens with two attached hydrogens (primary N) is 1. The van der Waals surface area contributed by atoms with E-state index in [1.165, 1.54) is 22.0 Å². The van der Waals surface area contributed by atoms with Crippen LogP contribution < -0.4 is 15.9 Å². The summed E-state index contributed by atoms with van der Waals surface area (Å²) in [6.45, 7) is 4.46. The smallest absolute Gasteiger partial charge is 0.231 e. The molecule has 35 heavy (non-hydrogen) atoms. The van der Waals surface area contributed by atoms with Gasteiger partial charge >= 0.3 is 0 Å². The molecule has 4 rings (SSSR count). The molecular formula is C25H29N7O2S. The van der Waals surface area contributed by atoms with Gasteiger partial charge in [0.05, 0.1) is 5.75 Å². The minimum absolute atomic E-state index is 0.126. The van der Waals surface area contributed by atoms with Crippen LogP contribution in [0.25, 0.3) is 0 Å². The van der Waals surface area contributed by atoms with Gasteiger partial charge in [-0.3, -0.25) is 4.79 Å². The molecule has 3 N–H and O–H groups in total. The van der Waals surface area contributed by atoms with Crippen LogP contribution in [0.3, 0.4) is 0 Å². The Morgan fingerprint density at radius 3 is 2.49 bits per heavy atom. The quantitative estimate of drug-likeness (QED) is 0.258. The van der Waals surface area contributed by atoms with Gasteiger partial charge in [-0.2, -0.15) is 0 Å². The SMILES string of the molecule is CC(C)c1ccc(OCc2nnc(SCC(=O)NC(c3ccccc3)c3nccn3C)n2N)cc1. The second kappa shape index (κ2) is 11.1. The minimum atomic E-state index is -0.369. The number of hydrogen-bond donors (Lipinski definition) is 2. The van der Waals surface area contributed by atoms with Crippen LogP contribution in [0.1, 0.15) is 48.6 Å². The molecule has 9 nitrogen and oxygen atoms in total. The molecule has 0 spiro atoms. The largest absolute Gasteiger partial charge is 0.486 e. The Bertz CT molecular complexity index is 1250. The normalized spacial score (nSPS) is 12.0. The Hall–Kier alpha value is -3.79. The van der Waals surface area contributed by atoms with E-state index in [1.807, 2.05) is 72.4 Å². The number of ether oxygens (including phenoxy) is 1. The second-order valence-corrected chi connectivity index (χ2v) is 9.32. The molecule has 0 bridgehead atoms. The summed E-state index contributed by atoms with van der Waals surface area (Å²) in [4.78, 5) is 17.2. The molecule has 2 aromatic heterocycles. The zero-order valence-electron chi connectivity index (χ0n) is 20.0. The van der Waals surface area contributed by atoms with Gasteiger partial charge in [0.2, 0.25) is 11.1 Å². The van der Waals surface area contributed by atoms with Gasteiger partial charge in [-0.1, -0.05) is 68.1 Å². The first kappa shape index (κ1) is 24.3. The van der Waals surface area contributed by atoms with Crippen molar-refractivity contribution in [3.05, 3.63) is 89.8 Å². The number of imidazole rings is 1. The van der Waals surface area contributed by atoms with Crippen LogP contribution in [0.2, 0.25) is 0 Å². The number of rotatable bonds is 10. The van der Waals surface area contributed by atoms with Crippen molar-refractivity contribution in [3.8, 4) is 5.75 Å². The van der Waals surface area contributed by atoms with Crippen LogP contribution >= 0.6 is 11.8 Å². The summed E-state index contributed by atoms with van der Waals surface area (Å²) < 4.78 is 9.05. The molecule has 0 saturated heterocycles. The maximum absolute atomic E-state index is 12.8. The molecule has 1 atom stereocenters. The number of aryl methyl sites for hydroxylation is 1. The highest BCUT2D eigenvalue weighted by atomic mass is 32.2. The standard InChI is InChI=1S/C25H29N7O2S/c1-17(2)18-9-11-20(12-10-18)34-15-21-29-30-25(32(21)26)35-16-22(33)28-23(19-7-5-4-6-8-19)24-27-13-14-31(24)3/h4-14,17,23H,15-16,26H2,1-3H3,(H,28,33). The van der Waals surface area contributed by atoms with Crippen molar-refractivity contribution < 1.29 is 9.53 Å². The van der Waals surface area contributed by atoms with Crippen molar-refractivity contribution in [2.75, 3.05) is 11.6 Å². The predicted octanol–water partition coefficient (Wildman–Crippen LogP) is 3.43. The Labute approximate surface area is 208 Å². The molecule has 0 fully saturated rings. The lowest BCUT2D eigenvalue weighted by atomic mass is 10.0. The molecule has 0 radical (unpaired) electrons. The van der Waals surface area contributed by atoms with E-state index < -0.39 is 0 Å². The van der Waals surface area contributed by atoms with Crippen LogP contribution in [-0.2, 0) is 18.4 Å². The van der Waals surface area contributed by atoms with Crippen LogP contribution in [0.4, 0.5) is 0 Å². The second-order valence-electron chi connectivity index (χ2n) is 8.38. The lowest BCUT2D eigenvalue weighted by molar-refractivity contribution is -0.119. The molecule has 0 saturated carbocycles. The summed E-state index contributed by atoms with van der Waals surface area (Å²) in [7, 11) is 1.90. The molecule has 10 heteroatoms. The van der Waals surface area contributed by atoms with Crippen molar-refractivity contribution in [1.29, 1.82) is 0 Å². The summed E-state index contributed by atoms with van der Waals surface area (Å²) >= 11 is 1.21. The average Bonchev–Trinajstić information content (AvgIpc) is 3.45. The molecular weight excluding hydrogens is 462 g/mol. The average molecular weight is 492 g/mol. The topological polar surface area (TPSA) is 113 Å². The fourth-order valence-electron chi connectivity index (χ4n) is 3.53. The van der Waals surface area contributed by atoms with Crippen LogP contribution in [-0.4, -0.2) is 36.1 Å². The Balaban J connectivity index is 1.35. The molecule has 1 amide bonds. The highest BCUT2D eigenvalue weighted by Gasteiger charge is 2.21. The van der Waals surface area contributed by atoms with Gasteiger partial charge in [-0.05, 0) is 29.2 Å². The maximum Gasteiger partial charge on any atom is 0.231 e. The molecule has 0 aliphatic carbocycles. The van der Waals surface area contributed by atoms with Crippen molar-refractivity contribution in [1.82, 2.24) is 29.7 Å². The molecule has 0 aliphatic rings. The van der Waals surface area contributed by atoms with E-state index in [9.17, 15) is 4.79 Å². The van der Waals surface area contributed by atoms with Gasteiger partial charge in [-0.25, -0.2) is 9.66 Å². The van der Waals surface area contributed by atoms with Crippen molar-refractivity contribution in [2.45, 2.75) is 37.6 Å². The Morgan fingerprint density at radius 2 is 1.83 bits per heavy atom. The number of aromatic nitrogens is 5. The van der Waals surface area contributed by atoms with Gasteiger partial charge < -0.3 is 20.5 Å². The summed E-state index contributed by atoms with van der Waals surface area (Å²) in [5.41, 5.74) is 2.19. The van der Waals surface area contributed by atoms with Gasteiger partial charge in [0.1, 0.15) is 24.2 Å². The summed E-state index contributed by atoms with van der Waals surface area (Å²) in [5.74, 6) is 8.51. The number of carbonyl (C=O) groups is 1. The minimum Gasteiger partial charge on any atom is -0.486 e. The zero-order valence-corrected chi connectivity index (χ0v) is 20.8. The van der Waals surface area contributed by atoms with Gasteiger partial charge in [0, 0.05) is 19.4 Å². The molecule has 4 aromatic rings. The van der Waals surface area contributed by atoms with Crippen molar-refractivity contribution in [2.24, 2.45) is 7.05 Å². The highest BCUT2D eigenvalue weighted by molar-refractivity contribution is 7.99. The molecule has 0 aliphatic heterocycles. The first-order valence-corrected chi connectivity index (χ1v) is 12.3. The molecule has 2 aromatic carbocycles. The van der Waals surface area contributed by atoms with Crippen molar-refractivity contribution >= 4 is 17.7 Å². The summed E-state index contributed by atoms with van der Waals surface area (Å²) in [5, 5.41) is 11.7. The van der Waals surface area contributed by atoms with Crippen LogP contribution in [0, 0.1) is 0 Å². The first-order valence-electron chi connectivity index (χ1n) is 11.3. The number of amides is 1. The monoisotopic (exact) mass is 491 g/mol. The van der Waals surface area contributed by atoms with E-state index in [1.54, 1.807) is 6.20 Å². The van der Waals surface area contributed by atoms with Crippen molar-refractivity contribution in [3.63, 3.8) is 0 Å². The van der Waals surface area contributed by atoms with Crippen LogP contribution in [0.5, 0.6) is 5.75 Å². The van der Waals surface area contributed by atoms with E-state index in [0.29, 0.717) is 16.9 Å². The van der Waals surface area contributed by atoms with Gasteiger partial charge in [-0.15, -0.1) is 10.2 Å². The number of nitrogens with one attached hydrogen (secondary N) is 1. The Kier molecular flexibility index (Phi) is 7.71. The third-order valence-corrected chi connectivity index (χ3v) is 6.48. The highest BCUT2D eigenvalue weighted by Crippen LogP contribution is 2.22. The van der Waals surface area contributed by atoms with Gasteiger partial charge in [0.15, 0.2) is 5.82 Å². The predicted molar refractivity (Wildman–Crippen MR) is 135 cm³/mol. The lowest BCUT2D eigenvalue weighted by Crippen LogP contribution is -2.32. The summed E-state index contributed by atoms with van der Waals surface area (Å²) in [6.07, 6.45) is 3.57.